The van der Waals surface area contributed by atoms with E-state index < -0.39 is 0 Å². The van der Waals surface area contributed by atoms with Crippen molar-refractivity contribution in [1.29, 1.82) is 0 Å². The van der Waals surface area contributed by atoms with E-state index in [1.165, 1.54) is 25.5 Å². The lowest BCUT2D eigenvalue weighted by atomic mass is 10.1. The minimum absolute atomic E-state index is 0.0357. The molecule has 2 aromatic rings. The van der Waals surface area contributed by atoms with E-state index >= 15 is 0 Å². The molecular weight excluding hydrogens is 220 g/mol. The molecule has 0 atom stereocenters. The number of hydrogen-bond acceptors (Lipinski definition) is 4. The first-order valence-corrected chi connectivity index (χ1v) is 5.48. The molecule has 0 saturated carbocycles. The van der Waals surface area contributed by atoms with Gasteiger partial charge in [-0.15, -0.1) is 0 Å². The number of ether oxygens (including phenoxy) is 1. The molecule has 0 aliphatic rings. The highest BCUT2D eigenvalue weighted by Crippen LogP contribution is 2.29. The SMILES string of the molecule is CCCc1coc2cc(O)c(OC)cc2c1=O. The fourth-order valence-electron chi connectivity index (χ4n) is 1.79. The van der Waals surface area contributed by atoms with Gasteiger partial charge in [-0.1, -0.05) is 13.3 Å². The number of phenolic OH excluding ortho intramolecular Hbond substituents is 1. The van der Waals surface area contributed by atoms with Gasteiger partial charge in [0.2, 0.25) is 0 Å². The minimum Gasteiger partial charge on any atom is -0.504 e. The van der Waals surface area contributed by atoms with Crippen molar-refractivity contribution in [1.82, 2.24) is 0 Å². The van der Waals surface area contributed by atoms with E-state index in [1.807, 2.05) is 6.92 Å². The molecule has 0 radical (unpaired) electrons. The smallest absolute Gasteiger partial charge is 0.195 e. The largest absolute Gasteiger partial charge is 0.504 e. The number of rotatable bonds is 3. The van der Waals surface area contributed by atoms with Crippen LogP contribution in [0.4, 0.5) is 0 Å². The number of hydrogen-bond donors (Lipinski definition) is 1. The second-order valence-electron chi connectivity index (χ2n) is 3.86. The van der Waals surface area contributed by atoms with E-state index in [-0.39, 0.29) is 16.9 Å². The van der Waals surface area contributed by atoms with Crippen LogP contribution in [0.3, 0.4) is 0 Å². The highest BCUT2D eigenvalue weighted by atomic mass is 16.5. The molecule has 90 valence electrons. The number of methoxy groups -OCH3 is 1. The standard InChI is InChI=1S/C13H14O4/c1-3-4-8-7-17-11-6-10(14)12(16-2)5-9(11)13(8)15/h5-7,14H,3-4H2,1-2H3. The van der Waals surface area contributed by atoms with Crippen LogP contribution in [0.1, 0.15) is 18.9 Å². The van der Waals surface area contributed by atoms with Crippen molar-refractivity contribution in [3.8, 4) is 11.5 Å². The van der Waals surface area contributed by atoms with Crippen LogP contribution in [0.5, 0.6) is 11.5 Å². The third-order valence-electron chi connectivity index (χ3n) is 2.66. The lowest BCUT2D eigenvalue weighted by molar-refractivity contribution is 0.373. The van der Waals surface area contributed by atoms with E-state index in [0.717, 1.165) is 6.42 Å². The van der Waals surface area contributed by atoms with E-state index in [1.54, 1.807) is 0 Å². The van der Waals surface area contributed by atoms with Gasteiger partial charge in [0, 0.05) is 11.6 Å². The van der Waals surface area contributed by atoms with Gasteiger partial charge in [0.05, 0.1) is 18.8 Å². The van der Waals surface area contributed by atoms with E-state index in [9.17, 15) is 9.90 Å². The Kier molecular flexibility index (Phi) is 3.04. The summed E-state index contributed by atoms with van der Waals surface area (Å²) in [6, 6.07) is 2.90. The summed E-state index contributed by atoms with van der Waals surface area (Å²) in [5, 5.41) is 10.0. The zero-order valence-electron chi connectivity index (χ0n) is 9.82. The first kappa shape index (κ1) is 11.5. The van der Waals surface area contributed by atoms with Crippen molar-refractivity contribution in [3.05, 3.63) is 34.2 Å². The quantitative estimate of drug-likeness (QED) is 0.886. The van der Waals surface area contributed by atoms with E-state index in [2.05, 4.69) is 0 Å². The van der Waals surface area contributed by atoms with Crippen LogP contribution in [0.2, 0.25) is 0 Å². The zero-order chi connectivity index (χ0) is 12.4. The van der Waals surface area contributed by atoms with Crippen molar-refractivity contribution < 1.29 is 14.3 Å². The molecule has 0 amide bonds. The summed E-state index contributed by atoms with van der Waals surface area (Å²) in [6.07, 6.45) is 3.02. The molecule has 4 heteroatoms. The Morgan fingerprint density at radius 3 is 2.82 bits per heavy atom. The Morgan fingerprint density at radius 2 is 2.18 bits per heavy atom. The van der Waals surface area contributed by atoms with Crippen molar-refractivity contribution in [2.45, 2.75) is 19.8 Å². The minimum atomic E-state index is -0.0635. The van der Waals surface area contributed by atoms with Gasteiger partial charge < -0.3 is 14.3 Å². The molecule has 0 aliphatic carbocycles. The normalized spacial score (nSPS) is 10.7. The molecule has 17 heavy (non-hydrogen) atoms. The molecule has 1 aromatic carbocycles. The lowest BCUT2D eigenvalue weighted by Gasteiger charge is -2.05. The molecule has 0 saturated heterocycles. The van der Waals surface area contributed by atoms with Gasteiger partial charge in [0.15, 0.2) is 16.9 Å². The van der Waals surface area contributed by atoms with Gasteiger partial charge in [-0.3, -0.25) is 4.79 Å². The van der Waals surface area contributed by atoms with Crippen LogP contribution < -0.4 is 10.2 Å². The van der Waals surface area contributed by atoms with Crippen LogP contribution in [0.15, 0.2) is 27.6 Å². The van der Waals surface area contributed by atoms with Gasteiger partial charge in [0.25, 0.3) is 0 Å². The maximum Gasteiger partial charge on any atom is 0.195 e. The van der Waals surface area contributed by atoms with Crippen LogP contribution in [0, 0.1) is 0 Å². The van der Waals surface area contributed by atoms with Crippen molar-refractivity contribution >= 4 is 11.0 Å². The van der Waals surface area contributed by atoms with E-state index in [0.29, 0.717) is 23.0 Å². The van der Waals surface area contributed by atoms with Gasteiger partial charge in [-0.05, 0) is 12.5 Å². The fraction of sp³-hybridized carbons (Fsp3) is 0.308. The van der Waals surface area contributed by atoms with Crippen LogP contribution in [-0.2, 0) is 6.42 Å². The summed E-state index contributed by atoms with van der Waals surface area (Å²) in [7, 11) is 1.44. The molecule has 0 aliphatic heterocycles. The molecule has 1 aromatic heterocycles. The Labute approximate surface area is 98.4 Å². The average Bonchev–Trinajstić information content (AvgIpc) is 2.32. The lowest BCUT2D eigenvalue weighted by Crippen LogP contribution is -2.08. The molecular formula is C13H14O4. The maximum atomic E-state index is 12.1. The van der Waals surface area contributed by atoms with Crippen LogP contribution >= 0.6 is 0 Å². The van der Waals surface area contributed by atoms with E-state index in [4.69, 9.17) is 9.15 Å². The molecule has 0 bridgehead atoms. The van der Waals surface area contributed by atoms with Crippen LogP contribution in [0.25, 0.3) is 11.0 Å². The maximum absolute atomic E-state index is 12.1. The second-order valence-corrected chi connectivity index (χ2v) is 3.86. The van der Waals surface area contributed by atoms with Gasteiger partial charge in [0.1, 0.15) is 5.58 Å². The second kappa shape index (κ2) is 4.49. The molecule has 0 unspecified atom stereocenters. The monoisotopic (exact) mass is 234 g/mol. The number of fused-ring (bicyclic) bond motifs is 1. The third-order valence-corrected chi connectivity index (χ3v) is 2.66. The first-order valence-electron chi connectivity index (χ1n) is 5.48. The summed E-state index contributed by atoms with van der Waals surface area (Å²) in [6.45, 7) is 2.00. The zero-order valence-corrected chi connectivity index (χ0v) is 9.82. The average molecular weight is 234 g/mol. The number of aromatic hydroxyl groups is 1. The summed E-state index contributed by atoms with van der Waals surface area (Å²) in [5.74, 6) is 0.241. The molecule has 1 N–H and O–H groups in total. The van der Waals surface area contributed by atoms with Gasteiger partial charge >= 0.3 is 0 Å². The van der Waals surface area contributed by atoms with Gasteiger partial charge in [-0.2, -0.15) is 0 Å². The summed E-state index contributed by atoms with van der Waals surface area (Å²) < 4.78 is 10.3. The van der Waals surface area contributed by atoms with Crippen molar-refractivity contribution in [2.75, 3.05) is 7.11 Å². The predicted octanol–water partition coefficient (Wildman–Crippen LogP) is 2.46. The molecule has 1 heterocycles. The predicted molar refractivity (Wildman–Crippen MR) is 64.7 cm³/mol. The highest BCUT2D eigenvalue weighted by Gasteiger charge is 2.10. The van der Waals surface area contributed by atoms with Crippen molar-refractivity contribution in [3.63, 3.8) is 0 Å². The van der Waals surface area contributed by atoms with Gasteiger partial charge in [-0.25, -0.2) is 0 Å². The Morgan fingerprint density at radius 1 is 1.41 bits per heavy atom. The van der Waals surface area contributed by atoms with Crippen molar-refractivity contribution in [2.24, 2.45) is 0 Å². The Balaban J connectivity index is 2.71. The fourth-order valence-corrected chi connectivity index (χ4v) is 1.79. The first-order chi connectivity index (χ1) is 8.17. The molecule has 0 fully saturated rings. The molecule has 2 rings (SSSR count). The number of aryl methyl sites for hydroxylation is 1. The summed E-state index contributed by atoms with van der Waals surface area (Å²) in [5.41, 5.74) is 0.951. The summed E-state index contributed by atoms with van der Waals surface area (Å²) >= 11 is 0. The third kappa shape index (κ3) is 1.98. The molecule has 4 nitrogen and oxygen atoms in total. The van der Waals surface area contributed by atoms with Crippen LogP contribution in [-0.4, -0.2) is 12.2 Å². The number of phenols is 1. The Bertz CT molecular complexity index is 598. The topological polar surface area (TPSA) is 59.7 Å². The number of benzene rings is 1. The Hall–Kier alpha value is -1.97. The molecule has 0 spiro atoms. The summed E-state index contributed by atoms with van der Waals surface area (Å²) in [4.78, 5) is 12.1. The highest BCUT2D eigenvalue weighted by molar-refractivity contribution is 5.81.